The first-order chi connectivity index (χ1) is 22.2. The molecule has 10 heteroatoms. The summed E-state index contributed by atoms with van der Waals surface area (Å²) in [5, 5.41) is 10.3. The fourth-order valence-electron chi connectivity index (χ4n) is 6.27. The van der Waals surface area contributed by atoms with E-state index >= 15 is 0 Å². The summed E-state index contributed by atoms with van der Waals surface area (Å²) in [6.07, 6.45) is 8.23. The van der Waals surface area contributed by atoms with Gasteiger partial charge in [0.05, 0.1) is 6.04 Å². The number of aryl methyl sites for hydroxylation is 2. The van der Waals surface area contributed by atoms with E-state index in [4.69, 9.17) is 4.74 Å². The van der Waals surface area contributed by atoms with Crippen LogP contribution in [0.5, 0.6) is 0 Å². The molecule has 0 radical (unpaired) electrons. The quantitative estimate of drug-likeness (QED) is 0.143. The topological polar surface area (TPSA) is 130 Å². The lowest BCUT2D eigenvalue weighted by molar-refractivity contribution is -0.124. The van der Waals surface area contributed by atoms with Crippen LogP contribution < -0.4 is 16.0 Å². The number of fused-ring (bicyclic) bond motifs is 1. The van der Waals surface area contributed by atoms with Crippen LogP contribution in [-0.2, 0) is 29.6 Å². The first kappa shape index (κ1) is 32.8. The largest absolute Gasteiger partial charge is 0.456 e. The highest BCUT2D eigenvalue weighted by Gasteiger charge is 2.29. The number of aromatic nitrogens is 3. The van der Waals surface area contributed by atoms with Gasteiger partial charge in [-0.3, -0.25) is 4.79 Å². The average molecular weight is 627 g/mol. The molecule has 1 aliphatic rings. The first-order valence-electron chi connectivity index (χ1n) is 16.4. The van der Waals surface area contributed by atoms with Gasteiger partial charge in [0.15, 0.2) is 5.69 Å². The van der Waals surface area contributed by atoms with Gasteiger partial charge in [-0.25, -0.2) is 14.6 Å². The number of rotatable bonds is 12. The minimum atomic E-state index is -0.745. The number of esters is 1. The Hall–Kier alpha value is -4.60. The van der Waals surface area contributed by atoms with Crippen molar-refractivity contribution in [1.82, 2.24) is 30.5 Å². The summed E-state index contributed by atoms with van der Waals surface area (Å²) in [6.45, 7) is 5.95. The monoisotopic (exact) mass is 626 g/mol. The number of nitrogens with one attached hydrogen (secondary N) is 4. The van der Waals surface area contributed by atoms with Crippen LogP contribution in [0, 0.1) is 12.8 Å². The second kappa shape index (κ2) is 15.1. The molecule has 1 aliphatic carbocycles. The summed E-state index contributed by atoms with van der Waals surface area (Å²) in [4.78, 5) is 48.0. The molecule has 1 saturated carbocycles. The third-order valence-corrected chi connectivity index (χ3v) is 8.63. The molecule has 0 spiro atoms. The van der Waals surface area contributed by atoms with Crippen LogP contribution >= 0.6 is 0 Å². The van der Waals surface area contributed by atoms with Crippen molar-refractivity contribution in [3.8, 4) is 0 Å². The number of carbonyl (C=O) groups is 3. The molecule has 1 fully saturated rings. The predicted octanol–water partition coefficient (Wildman–Crippen LogP) is 6.01. The molecular weight excluding hydrogens is 580 g/mol. The third-order valence-electron chi connectivity index (χ3n) is 8.63. The van der Waals surface area contributed by atoms with E-state index < -0.39 is 18.1 Å². The van der Waals surface area contributed by atoms with Crippen molar-refractivity contribution in [2.75, 3.05) is 0 Å². The molecule has 2 aromatic carbocycles. The van der Waals surface area contributed by atoms with Crippen LogP contribution in [0.1, 0.15) is 91.5 Å². The van der Waals surface area contributed by atoms with Crippen LogP contribution in [0.25, 0.3) is 10.9 Å². The van der Waals surface area contributed by atoms with E-state index in [0.29, 0.717) is 24.4 Å². The molecule has 2 atom stereocenters. The molecule has 2 heterocycles. The van der Waals surface area contributed by atoms with E-state index in [-0.39, 0.29) is 36.2 Å². The molecule has 244 valence electrons. The van der Waals surface area contributed by atoms with E-state index in [1.807, 2.05) is 63.4 Å². The number of hydrogen-bond acceptors (Lipinski definition) is 5. The Morgan fingerprint density at radius 3 is 2.46 bits per heavy atom. The van der Waals surface area contributed by atoms with Crippen LogP contribution in [0.3, 0.4) is 0 Å². The van der Waals surface area contributed by atoms with Crippen LogP contribution in [0.4, 0.5) is 4.79 Å². The van der Waals surface area contributed by atoms with Crippen molar-refractivity contribution in [3.63, 3.8) is 0 Å². The van der Waals surface area contributed by atoms with Gasteiger partial charge in [0.1, 0.15) is 18.5 Å². The van der Waals surface area contributed by atoms with Gasteiger partial charge >= 0.3 is 12.0 Å². The minimum Gasteiger partial charge on any atom is -0.456 e. The highest BCUT2D eigenvalue weighted by Crippen LogP contribution is 2.26. The predicted molar refractivity (Wildman–Crippen MR) is 178 cm³/mol. The van der Waals surface area contributed by atoms with Crippen molar-refractivity contribution < 1.29 is 19.1 Å². The first-order valence-corrected chi connectivity index (χ1v) is 16.4. The Balaban J connectivity index is 1.38. The number of urea groups is 1. The maximum Gasteiger partial charge on any atom is 0.359 e. The number of H-pyrrole nitrogens is 1. The number of ether oxygens (including phenoxy) is 1. The molecular formula is C36H46N6O4. The number of amides is 3. The molecule has 4 aromatic rings. The maximum atomic E-state index is 13.9. The molecule has 0 saturated heterocycles. The number of para-hydroxylation sites is 1. The summed E-state index contributed by atoms with van der Waals surface area (Å²) in [7, 11) is 1.99. The van der Waals surface area contributed by atoms with E-state index in [1.54, 1.807) is 6.92 Å². The number of carbonyl (C=O) groups excluding carboxylic acids is 3. The zero-order valence-corrected chi connectivity index (χ0v) is 27.3. The zero-order valence-electron chi connectivity index (χ0n) is 27.3. The Morgan fingerprint density at radius 2 is 1.72 bits per heavy atom. The smallest absolute Gasteiger partial charge is 0.359 e. The van der Waals surface area contributed by atoms with Crippen molar-refractivity contribution in [2.24, 2.45) is 13.0 Å². The van der Waals surface area contributed by atoms with Crippen LogP contribution in [0.2, 0.25) is 0 Å². The fraction of sp³-hybridized carbons (Fsp3) is 0.444. The second-order valence-electron chi connectivity index (χ2n) is 12.8. The number of aromatic amines is 1. The van der Waals surface area contributed by atoms with Gasteiger partial charge in [0, 0.05) is 42.3 Å². The summed E-state index contributed by atoms with van der Waals surface area (Å²) in [6, 6.07) is 16.0. The van der Waals surface area contributed by atoms with E-state index in [2.05, 4.69) is 48.8 Å². The summed E-state index contributed by atoms with van der Waals surface area (Å²) >= 11 is 0. The van der Waals surface area contributed by atoms with Gasteiger partial charge in [-0.15, -0.1) is 0 Å². The van der Waals surface area contributed by atoms with Gasteiger partial charge in [-0.05, 0) is 49.3 Å². The highest BCUT2D eigenvalue weighted by molar-refractivity contribution is 5.89. The van der Waals surface area contributed by atoms with Gasteiger partial charge < -0.3 is 30.2 Å². The van der Waals surface area contributed by atoms with Crippen molar-refractivity contribution in [2.45, 2.75) is 90.4 Å². The second-order valence-corrected chi connectivity index (χ2v) is 12.8. The molecule has 3 amide bonds. The lowest BCUT2D eigenvalue weighted by Gasteiger charge is -2.26. The van der Waals surface area contributed by atoms with Gasteiger partial charge in [0.2, 0.25) is 5.91 Å². The Labute approximate surface area is 270 Å². The maximum absolute atomic E-state index is 13.9. The average Bonchev–Trinajstić information content (AvgIpc) is 3.59. The number of hydrogen-bond donors (Lipinski definition) is 4. The molecule has 0 aliphatic heterocycles. The molecule has 4 N–H and O–H groups in total. The normalized spacial score (nSPS) is 15.0. The number of benzene rings is 2. The van der Waals surface area contributed by atoms with Crippen LogP contribution in [0.15, 0.2) is 60.8 Å². The minimum absolute atomic E-state index is 0.127. The zero-order chi connectivity index (χ0) is 32.6. The van der Waals surface area contributed by atoms with Crippen molar-refractivity contribution in [1.29, 1.82) is 0 Å². The molecule has 5 rings (SSSR count). The summed E-state index contributed by atoms with van der Waals surface area (Å²) in [5.74, 6) is -0.239. The Kier molecular flexibility index (Phi) is 10.8. The standard InChI is InChI=1S/C36H46N6O4/c1-23(2)19-30(40-36(45)38-27-15-9-6-10-16-27)34(43)39-29(20-26-21-42(4)31-18-12-11-17-28(26)31)33-37-24(3)32(41-33)35(44)46-22-25-13-7-5-8-14-25/h5,7-8,11-14,17-18,21,23,27,29-30H,6,9-10,15-16,19-20,22H2,1-4H3,(H,37,41)(H,39,43)(H2,38,40,45)/t29-,30+/m1/s1. The SMILES string of the molecule is Cc1[nH]c([C@@H](Cc2cn(C)c3ccccc23)NC(=O)[C@H](CC(C)C)NC(=O)NC2CCCCC2)nc1C(=O)OCc1ccccc1. The van der Waals surface area contributed by atoms with E-state index in [9.17, 15) is 14.4 Å². The molecule has 0 unspecified atom stereocenters. The Bertz CT molecular complexity index is 1640. The molecule has 0 bridgehead atoms. The molecule has 46 heavy (non-hydrogen) atoms. The Morgan fingerprint density at radius 1 is 1.00 bits per heavy atom. The van der Waals surface area contributed by atoms with Crippen LogP contribution in [-0.4, -0.2) is 44.5 Å². The highest BCUT2D eigenvalue weighted by atomic mass is 16.5. The lowest BCUT2D eigenvalue weighted by atomic mass is 9.96. The van der Waals surface area contributed by atoms with E-state index in [0.717, 1.165) is 47.7 Å². The van der Waals surface area contributed by atoms with E-state index in [1.165, 1.54) is 6.42 Å². The number of imidazole rings is 1. The van der Waals surface area contributed by atoms with Crippen molar-refractivity contribution in [3.05, 3.63) is 89.1 Å². The lowest BCUT2D eigenvalue weighted by Crippen LogP contribution is -2.53. The van der Waals surface area contributed by atoms with Gasteiger partial charge in [-0.2, -0.15) is 0 Å². The van der Waals surface area contributed by atoms with Crippen molar-refractivity contribution >= 4 is 28.8 Å². The number of nitrogens with zero attached hydrogens (tertiary/aromatic N) is 2. The van der Waals surface area contributed by atoms with Gasteiger partial charge in [0.25, 0.3) is 0 Å². The summed E-state index contributed by atoms with van der Waals surface area (Å²) < 4.78 is 7.63. The molecule has 2 aromatic heterocycles. The molecule has 10 nitrogen and oxygen atoms in total. The third kappa shape index (κ3) is 8.35. The summed E-state index contributed by atoms with van der Waals surface area (Å²) in [5.41, 5.74) is 3.69. The fourth-order valence-corrected chi connectivity index (χ4v) is 6.27. The van der Waals surface area contributed by atoms with Gasteiger partial charge in [-0.1, -0.05) is 81.6 Å².